The van der Waals surface area contributed by atoms with Crippen LogP contribution >= 0.6 is 11.3 Å². The van der Waals surface area contributed by atoms with Gasteiger partial charge in [0.1, 0.15) is 5.75 Å². The van der Waals surface area contributed by atoms with E-state index in [0.717, 1.165) is 11.3 Å². The molecule has 0 bridgehead atoms. The molecule has 0 aliphatic rings. The van der Waals surface area contributed by atoms with Gasteiger partial charge in [-0.15, -0.1) is 11.3 Å². The van der Waals surface area contributed by atoms with Gasteiger partial charge in [-0.1, -0.05) is 18.2 Å². The molecule has 3 rings (SSSR count). The SMILES string of the molecule is O=C(COc1ccccc1)NCC(=O)Nc1nc(-c2cccnc2)cs1. The van der Waals surface area contributed by atoms with Crippen LogP contribution in [0.3, 0.4) is 0 Å². The molecule has 0 saturated carbocycles. The number of benzene rings is 1. The Bertz CT molecular complexity index is 868. The molecule has 2 aromatic heterocycles. The Hall–Kier alpha value is -3.26. The summed E-state index contributed by atoms with van der Waals surface area (Å²) in [5.41, 5.74) is 1.61. The zero-order valence-electron chi connectivity index (χ0n) is 13.7. The molecule has 2 amide bonds. The van der Waals surface area contributed by atoms with Gasteiger partial charge in [0.05, 0.1) is 12.2 Å². The maximum atomic E-state index is 11.9. The average molecular weight is 368 g/mol. The van der Waals surface area contributed by atoms with E-state index in [9.17, 15) is 9.59 Å². The van der Waals surface area contributed by atoms with E-state index < -0.39 is 0 Å². The molecular formula is C18H16N4O3S. The molecule has 0 unspecified atom stereocenters. The fourth-order valence-electron chi connectivity index (χ4n) is 2.04. The monoisotopic (exact) mass is 368 g/mol. The summed E-state index contributed by atoms with van der Waals surface area (Å²) in [6.07, 6.45) is 3.39. The molecule has 0 saturated heterocycles. The van der Waals surface area contributed by atoms with E-state index in [0.29, 0.717) is 10.9 Å². The van der Waals surface area contributed by atoms with Gasteiger partial charge >= 0.3 is 0 Å². The van der Waals surface area contributed by atoms with Gasteiger partial charge in [-0.05, 0) is 24.3 Å². The summed E-state index contributed by atoms with van der Waals surface area (Å²) in [7, 11) is 0. The van der Waals surface area contributed by atoms with Crippen LogP contribution < -0.4 is 15.4 Å². The van der Waals surface area contributed by atoms with Gasteiger partial charge in [-0.3, -0.25) is 14.6 Å². The molecule has 2 heterocycles. The third kappa shape index (κ3) is 5.12. The van der Waals surface area contributed by atoms with Gasteiger partial charge in [-0.2, -0.15) is 0 Å². The molecule has 0 aliphatic heterocycles. The lowest BCUT2D eigenvalue weighted by Gasteiger charge is -2.07. The van der Waals surface area contributed by atoms with Crippen LogP contribution in [0, 0.1) is 0 Å². The van der Waals surface area contributed by atoms with Gasteiger partial charge in [0.15, 0.2) is 11.7 Å². The second kappa shape index (κ2) is 8.72. The lowest BCUT2D eigenvalue weighted by molar-refractivity contribution is -0.125. The summed E-state index contributed by atoms with van der Waals surface area (Å²) < 4.78 is 5.31. The summed E-state index contributed by atoms with van der Waals surface area (Å²) in [4.78, 5) is 32.0. The van der Waals surface area contributed by atoms with Crippen LogP contribution in [-0.2, 0) is 9.59 Å². The lowest BCUT2D eigenvalue weighted by Crippen LogP contribution is -2.35. The normalized spacial score (nSPS) is 10.2. The fraction of sp³-hybridized carbons (Fsp3) is 0.111. The number of thiazole rings is 1. The van der Waals surface area contributed by atoms with Crippen molar-refractivity contribution in [1.29, 1.82) is 0 Å². The second-order valence-corrected chi connectivity index (χ2v) is 6.06. The molecule has 2 N–H and O–H groups in total. The van der Waals surface area contributed by atoms with Gasteiger partial charge < -0.3 is 15.4 Å². The van der Waals surface area contributed by atoms with Crippen LogP contribution in [0.5, 0.6) is 5.75 Å². The number of para-hydroxylation sites is 1. The van der Waals surface area contributed by atoms with Crippen LogP contribution in [-0.4, -0.2) is 34.9 Å². The Kier molecular flexibility index (Phi) is 5.89. The number of ether oxygens (including phenoxy) is 1. The number of nitrogens with zero attached hydrogens (tertiary/aromatic N) is 2. The molecule has 0 atom stereocenters. The topological polar surface area (TPSA) is 93.2 Å². The molecule has 0 spiro atoms. The first-order valence-corrected chi connectivity index (χ1v) is 8.69. The van der Waals surface area contributed by atoms with Crippen molar-refractivity contribution in [2.24, 2.45) is 0 Å². The first kappa shape index (κ1) is 17.6. The number of anilines is 1. The minimum absolute atomic E-state index is 0.153. The summed E-state index contributed by atoms with van der Waals surface area (Å²) in [6, 6.07) is 12.7. The van der Waals surface area contributed by atoms with Crippen molar-refractivity contribution in [3.8, 4) is 17.0 Å². The smallest absolute Gasteiger partial charge is 0.258 e. The Labute approximate surface area is 154 Å². The molecule has 26 heavy (non-hydrogen) atoms. The van der Waals surface area contributed by atoms with Crippen molar-refractivity contribution >= 4 is 28.3 Å². The van der Waals surface area contributed by atoms with E-state index in [1.807, 2.05) is 35.7 Å². The molecule has 0 radical (unpaired) electrons. The van der Waals surface area contributed by atoms with Crippen molar-refractivity contribution < 1.29 is 14.3 Å². The van der Waals surface area contributed by atoms with Gasteiger partial charge in [0.2, 0.25) is 5.91 Å². The van der Waals surface area contributed by atoms with Gasteiger partial charge in [0.25, 0.3) is 5.91 Å². The Balaban J connectivity index is 1.43. The van der Waals surface area contributed by atoms with Crippen LogP contribution in [0.15, 0.2) is 60.2 Å². The predicted octanol–water partition coefficient (Wildman–Crippen LogP) is 2.34. The largest absolute Gasteiger partial charge is 0.484 e. The van der Waals surface area contributed by atoms with Crippen molar-refractivity contribution in [1.82, 2.24) is 15.3 Å². The standard InChI is InChI=1S/C18H16N4O3S/c23-16(10-20-17(24)11-25-14-6-2-1-3-7-14)22-18-21-15(12-26-18)13-5-4-8-19-9-13/h1-9,12H,10-11H2,(H,20,24)(H,21,22,23). The lowest BCUT2D eigenvalue weighted by atomic mass is 10.2. The number of hydrogen-bond donors (Lipinski definition) is 2. The summed E-state index contributed by atoms with van der Waals surface area (Å²) >= 11 is 1.31. The Morgan fingerprint density at radius 2 is 1.92 bits per heavy atom. The number of pyridine rings is 1. The number of carbonyl (C=O) groups excluding carboxylic acids is 2. The minimum Gasteiger partial charge on any atom is -0.484 e. The zero-order chi connectivity index (χ0) is 18.2. The van der Waals surface area contributed by atoms with E-state index in [1.165, 1.54) is 11.3 Å². The highest BCUT2D eigenvalue weighted by atomic mass is 32.1. The number of rotatable bonds is 7. The first-order valence-electron chi connectivity index (χ1n) is 7.81. The van der Waals surface area contributed by atoms with E-state index in [-0.39, 0.29) is 25.0 Å². The molecule has 7 nitrogen and oxygen atoms in total. The fourth-order valence-corrected chi connectivity index (χ4v) is 2.77. The molecule has 1 aromatic carbocycles. The number of nitrogens with one attached hydrogen (secondary N) is 2. The first-order chi connectivity index (χ1) is 12.7. The van der Waals surface area contributed by atoms with E-state index >= 15 is 0 Å². The van der Waals surface area contributed by atoms with E-state index in [2.05, 4.69) is 20.6 Å². The molecule has 3 aromatic rings. The van der Waals surface area contributed by atoms with Crippen LogP contribution in [0.1, 0.15) is 0 Å². The average Bonchev–Trinajstić information content (AvgIpc) is 3.15. The molecule has 0 fully saturated rings. The molecule has 0 aliphatic carbocycles. The highest BCUT2D eigenvalue weighted by molar-refractivity contribution is 7.14. The zero-order valence-corrected chi connectivity index (χ0v) is 14.5. The maximum absolute atomic E-state index is 11.9. The van der Waals surface area contributed by atoms with Crippen LogP contribution in [0.25, 0.3) is 11.3 Å². The molecular weight excluding hydrogens is 352 g/mol. The van der Waals surface area contributed by atoms with Crippen molar-refractivity contribution in [2.45, 2.75) is 0 Å². The highest BCUT2D eigenvalue weighted by Gasteiger charge is 2.10. The van der Waals surface area contributed by atoms with Crippen LogP contribution in [0.2, 0.25) is 0 Å². The predicted molar refractivity (Wildman–Crippen MR) is 98.9 cm³/mol. The number of amides is 2. The van der Waals surface area contributed by atoms with E-state index in [1.54, 1.807) is 24.5 Å². The Morgan fingerprint density at radius 1 is 1.08 bits per heavy atom. The Morgan fingerprint density at radius 3 is 2.69 bits per heavy atom. The summed E-state index contributed by atoms with van der Waals surface area (Å²) in [6.45, 7) is -0.307. The maximum Gasteiger partial charge on any atom is 0.258 e. The van der Waals surface area contributed by atoms with Crippen LogP contribution in [0.4, 0.5) is 5.13 Å². The quantitative estimate of drug-likeness (QED) is 0.668. The van der Waals surface area contributed by atoms with Crippen molar-refractivity contribution in [3.05, 3.63) is 60.2 Å². The van der Waals surface area contributed by atoms with Crippen molar-refractivity contribution in [2.75, 3.05) is 18.5 Å². The summed E-state index contributed by atoms with van der Waals surface area (Å²) in [5.74, 6) is -0.137. The number of aromatic nitrogens is 2. The molecule has 8 heteroatoms. The van der Waals surface area contributed by atoms with Gasteiger partial charge in [-0.25, -0.2) is 4.98 Å². The van der Waals surface area contributed by atoms with Gasteiger partial charge in [0, 0.05) is 23.3 Å². The highest BCUT2D eigenvalue weighted by Crippen LogP contribution is 2.23. The third-order valence-electron chi connectivity index (χ3n) is 3.27. The van der Waals surface area contributed by atoms with Crippen molar-refractivity contribution in [3.63, 3.8) is 0 Å². The summed E-state index contributed by atoms with van der Waals surface area (Å²) in [5, 5.41) is 7.45. The number of hydrogen-bond acceptors (Lipinski definition) is 6. The second-order valence-electron chi connectivity index (χ2n) is 5.21. The molecule has 132 valence electrons. The minimum atomic E-state index is -0.376. The van der Waals surface area contributed by atoms with E-state index in [4.69, 9.17) is 4.74 Å². The third-order valence-corrected chi connectivity index (χ3v) is 4.02. The number of carbonyl (C=O) groups is 2.